The SMILES string of the molecule is CCC(=C(C(=O)O)C(=O)O)N(CC)c1cccc(Br)c1. The van der Waals surface area contributed by atoms with Crippen LogP contribution < -0.4 is 4.90 Å². The van der Waals surface area contributed by atoms with Crippen molar-refractivity contribution in [1.29, 1.82) is 0 Å². The van der Waals surface area contributed by atoms with Crippen molar-refractivity contribution in [1.82, 2.24) is 0 Å². The predicted octanol–water partition coefficient (Wildman–Crippen LogP) is 3.11. The molecule has 1 rings (SSSR count). The Bertz CT molecular complexity index is 538. The van der Waals surface area contributed by atoms with E-state index >= 15 is 0 Å². The number of hydrogen-bond donors (Lipinski definition) is 2. The number of aliphatic carboxylic acids is 2. The van der Waals surface area contributed by atoms with Crippen LogP contribution in [-0.4, -0.2) is 28.7 Å². The number of allylic oxidation sites excluding steroid dienone is 1. The summed E-state index contributed by atoms with van der Waals surface area (Å²) < 4.78 is 0.844. The number of carboxylic acids is 2. The Kier molecular flexibility index (Phi) is 5.76. The maximum atomic E-state index is 11.2. The van der Waals surface area contributed by atoms with E-state index in [9.17, 15) is 9.59 Å². The Balaban J connectivity index is 3.43. The van der Waals surface area contributed by atoms with Gasteiger partial charge in [0, 0.05) is 22.4 Å². The number of carbonyl (C=O) groups is 2. The number of benzene rings is 1. The molecule has 0 heterocycles. The normalized spacial score (nSPS) is 9.95. The Hall–Kier alpha value is -1.82. The summed E-state index contributed by atoms with van der Waals surface area (Å²) in [5.41, 5.74) is 0.443. The van der Waals surface area contributed by atoms with Crippen molar-refractivity contribution in [2.24, 2.45) is 0 Å². The van der Waals surface area contributed by atoms with Crippen LogP contribution in [-0.2, 0) is 9.59 Å². The van der Waals surface area contributed by atoms with Crippen LogP contribution in [0.2, 0.25) is 0 Å². The molecule has 0 spiro atoms. The van der Waals surface area contributed by atoms with Crippen molar-refractivity contribution < 1.29 is 19.8 Å². The molecular weight excluding hydrogens is 326 g/mol. The van der Waals surface area contributed by atoms with Gasteiger partial charge in [0.1, 0.15) is 0 Å². The number of rotatable bonds is 6. The fourth-order valence-corrected chi connectivity index (χ4v) is 2.40. The molecule has 2 N–H and O–H groups in total. The van der Waals surface area contributed by atoms with Gasteiger partial charge < -0.3 is 15.1 Å². The second-order valence-electron chi connectivity index (χ2n) is 4.01. The summed E-state index contributed by atoms with van der Waals surface area (Å²) in [5.74, 6) is -2.86. The zero-order valence-corrected chi connectivity index (χ0v) is 12.8. The Morgan fingerprint density at radius 1 is 1.20 bits per heavy atom. The zero-order valence-electron chi connectivity index (χ0n) is 11.3. The summed E-state index contributed by atoms with van der Waals surface area (Å²) in [6.45, 7) is 4.06. The summed E-state index contributed by atoms with van der Waals surface area (Å²) in [5, 5.41) is 18.2. The Morgan fingerprint density at radius 2 is 1.80 bits per heavy atom. The van der Waals surface area contributed by atoms with Gasteiger partial charge in [0.2, 0.25) is 0 Å². The van der Waals surface area contributed by atoms with Gasteiger partial charge in [0.15, 0.2) is 5.57 Å². The van der Waals surface area contributed by atoms with Gasteiger partial charge in [-0.05, 0) is 31.5 Å². The van der Waals surface area contributed by atoms with Crippen LogP contribution >= 0.6 is 15.9 Å². The summed E-state index contributed by atoms with van der Waals surface area (Å²) in [6.07, 6.45) is 0.314. The first-order chi connectivity index (χ1) is 9.42. The summed E-state index contributed by atoms with van der Waals surface area (Å²) in [4.78, 5) is 24.1. The molecule has 108 valence electrons. The van der Waals surface area contributed by atoms with Gasteiger partial charge in [-0.3, -0.25) is 0 Å². The minimum absolute atomic E-state index is 0.283. The molecule has 1 aromatic rings. The minimum Gasteiger partial charge on any atom is -0.477 e. The van der Waals surface area contributed by atoms with E-state index in [2.05, 4.69) is 15.9 Å². The van der Waals surface area contributed by atoms with Crippen molar-refractivity contribution in [3.63, 3.8) is 0 Å². The molecule has 0 aromatic heterocycles. The average molecular weight is 342 g/mol. The molecule has 0 unspecified atom stereocenters. The van der Waals surface area contributed by atoms with Gasteiger partial charge in [0.25, 0.3) is 0 Å². The first kappa shape index (κ1) is 16.2. The first-order valence-corrected chi connectivity index (χ1v) is 6.94. The number of nitrogens with zero attached hydrogens (tertiary/aromatic N) is 1. The van der Waals surface area contributed by atoms with E-state index in [4.69, 9.17) is 10.2 Å². The molecule has 0 saturated carbocycles. The lowest BCUT2D eigenvalue weighted by atomic mass is 10.1. The zero-order chi connectivity index (χ0) is 15.3. The molecule has 20 heavy (non-hydrogen) atoms. The van der Waals surface area contributed by atoms with Crippen molar-refractivity contribution in [3.05, 3.63) is 40.0 Å². The average Bonchev–Trinajstić information content (AvgIpc) is 2.37. The molecule has 0 atom stereocenters. The molecule has 0 aliphatic rings. The maximum absolute atomic E-state index is 11.2. The van der Waals surface area contributed by atoms with Crippen LogP contribution in [0.3, 0.4) is 0 Å². The number of halogens is 1. The van der Waals surface area contributed by atoms with Gasteiger partial charge in [-0.25, -0.2) is 9.59 Å². The van der Waals surface area contributed by atoms with E-state index in [0.717, 1.165) is 10.2 Å². The van der Waals surface area contributed by atoms with Crippen LogP contribution in [0.4, 0.5) is 5.69 Å². The molecule has 5 nitrogen and oxygen atoms in total. The molecule has 0 saturated heterocycles. The molecule has 0 bridgehead atoms. The Morgan fingerprint density at radius 3 is 2.20 bits per heavy atom. The van der Waals surface area contributed by atoms with E-state index in [1.165, 1.54) is 0 Å². The molecular formula is C14H16BrNO4. The molecule has 0 fully saturated rings. The highest BCUT2D eigenvalue weighted by atomic mass is 79.9. The van der Waals surface area contributed by atoms with E-state index in [0.29, 0.717) is 13.0 Å². The van der Waals surface area contributed by atoms with E-state index < -0.39 is 17.5 Å². The highest BCUT2D eigenvalue weighted by Gasteiger charge is 2.25. The molecule has 0 radical (unpaired) electrons. The highest BCUT2D eigenvalue weighted by Crippen LogP contribution is 2.26. The van der Waals surface area contributed by atoms with Crippen LogP contribution in [0.25, 0.3) is 0 Å². The molecule has 0 amide bonds. The molecule has 1 aromatic carbocycles. The molecule has 6 heteroatoms. The highest BCUT2D eigenvalue weighted by molar-refractivity contribution is 9.10. The van der Waals surface area contributed by atoms with Crippen molar-refractivity contribution in [3.8, 4) is 0 Å². The van der Waals surface area contributed by atoms with Crippen LogP contribution in [0.1, 0.15) is 20.3 Å². The van der Waals surface area contributed by atoms with Gasteiger partial charge in [0.05, 0.1) is 0 Å². The van der Waals surface area contributed by atoms with Crippen molar-refractivity contribution in [2.45, 2.75) is 20.3 Å². The van der Waals surface area contributed by atoms with Gasteiger partial charge in [-0.2, -0.15) is 0 Å². The first-order valence-electron chi connectivity index (χ1n) is 6.15. The predicted molar refractivity (Wildman–Crippen MR) is 79.8 cm³/mol. The van der Waals surface area contributed by atoms with Gasteiger partial charge in [-0.1, -0.05) is 28.9 Å². The monoisotopic (exact) mass is 341 g/mol. The quantitative estimate of drug-likeness (QED) is 0.472. The third-order valence-electron chi connectivity index (χ3n) is 2.81. The second kappa shape index (κ2) is 7.09. The van der Waals surface area contributed by atoms with E-state index in [-0.39, 0.29) is 5.70 Å². The number of carboxylic acid groups (broad SMARTS) is 2. The van der Waals surface area contributed by atoms with Gasteiger partial charge in [-0.15, -0.1) is 0 Å². The lowest BCUT2D eigenvalue weighted by Crippen LogP contribution is -2.27. The number of hydrogen-bond acceptors (Lipinski definition) is 3. The summed E-state index contributed by atoms with van der Waals surface area (Å²) in [6, 6.07) is 7.30. The van der Waals surface area contributed by atoms with Crippen LogP contribution in [0.15, 0.2) is 40.0 Å². The Labute approximate surface area is 125 Å². The summed E-state index contributed by atoms with van der Waals surface area (Å²) >= 11 is 3.35. The summed E-state index contributed by atoms with van der Waals surface area (Å²) in [7, 11) is 0. The van der Waals surface area contributed by atoms with Crippen molar-refractivity contribution in [2.75, 3.05) is 11.4 Å². The van der Waals surface area contributed by atoms with Crippen LogP contribution in [0.5, 0.6) is 0 Å². The molecule has 0 aliphatic heterocycles. The smallest absolute Gasteiger partial charge is 0.344 e. The fraction of sp³-hybridized carbons (Fsp3) is 0.286. The number of anilines is 1. The van der Waals surface area contributed by atoms with E-state index in [1.807, 2.05) is 31.2 Å². The maximum Gasteiger partial charge on any atom is 0.344 e. The minimum atomic E-state index is -1.43. The van der Waals surface area contributed by atoms with Crippen molar-refractivity contribution >= 4 is 33.6 Å². The lowest BCUT2D eigenvalue weighted by molar-refractivity contribution is -0.140. The lowest BCUT2D eigenvalue weighted by Gasteiger charge is -2.26. The van der Waals surface area contributed by atoms with E-state index in [1.54, 1.807) is 11.8 Å². The fourth-order valence-electron chi connectivity index (χ4n) is 2.01. The topological polar surface area (TPSA) is 77.8 Å². The molecule has 0 aliphatic carbocycles. The third kappa shape index (κ3) is 3.60. The standard InChI is InChI=1S/C14H16BrNO4/c1-3-11(12(13(17)18)14(19)20)16(4-2)10-7-5-6-9(15)8-10/h5-8H,3-4H2,1-2H3,(H,17,18)(H,19,20). The van der Waals surface area contributed by atoms with Crippen LogP contribution in [0, 0.1) is 0 Å². The second-order valence-corrected chi connectivity index (χ2v) is 4.93. The van der Waals surface area contributed by atoms with Gasteiger partial charge >= 0.3 is 11.9 Å². The largest absolute Gasteiger partial charge is 0.477 e. The third-order valence-corrected chi connectivity index (χ3v) is 3.31.